The first kappa shape index (κ1) is 14.7. The van der Waals surface area contributed by atoms with Crippen LogP contribution in [0.4, 0.5) is 0 Å². The lowest BCUT2D eigenvalue weighted by molar-refractivity contribution is -0.123. The molecule has 5 heteroatoms. The Balaban J connectivity index is 1.88. The van der Waals surface area contributed by atoms with E-state index in [9.17, 15) is 9.90 Å². The summed E-state index contributed by atoms with van der Waals surface area (Å²) in [6, 6.07) is 7.00. The maximum absolute atomic E-state index is 12.1. The van der Waals surface area contributed by atoms with Crippen molar-refractivity contribution in [3.05, 3.63) is 34.9 Å². The second kappa shape index (κ2) is 6.16. The third kappa shape index (κ3) is 3.65. The summed E-state index contributed by atoms with van der Waals surface area (Å²) in [6.07, 6.45) is 1.28. The second-order valence-electron chi connectivity index (χ2n) is 4.96. The molecule has 1 saturated heterocycles. The molecule has 2 atom stereocenters. The lowest BCUT2D eigenvalue weighted by Crippen LogP contribution is -2.42. The Morgan fingerprint density at radius 3 is 2.79 bits per heavy atom. The van der Waals surface area contributed by atoms with Crippen LogP contribution in [0.3, 0.4) is 0 Å². The molecule has 0 aromatic heterocycles. The van der Waals surface area contributed by atoms with E-state index in [-0.39, 0.29) is 17.2 Å². The standard InChI is InChI=1S/C14H18ClNO2S/c1-14(7-2-8-19-14)13(18)16-9-12(17)10-3-5-11(15)6-4-10/h3-6,12,17H,2,7-9H2,1H3,(H,16,18). The Morgan fingerprint density at radius 1 is 1.53 bits per heavy atom. The maximum atomic E-state index is 12.1. The van der Waals surface area contributed by atoms with Gasteiger partial charge in [-0.2, -0.15) is 0 Å². The van der Waals surface area contributed by atoms with Crippen LogP contribution in [0.25, 0.3) is 0 Å². The number of aliphatic hydroxyl groups is 1. The average Bonchev–Trinajstić information content (AvgIpc) is 2.84. The molecule has 2 rings (SSSR count). The molecule has 0 saturated carbocycles. The zero-order valence-corrected chi connectivity index (χ0v) is 12.4. The largest absolute Gasteiger partial charge is 0.387 e. The summed E-state index contributed by atoms with van der Waals surface area (Å²) in [6.45, 7) is 2.20. The first-order chi connectivity index (χ1) is 9.01. The van der Waals surface area contributed by atoms with Gasteiger partial charge in [-0.15, -0.1) is 11.8 Å². The maximum Gasteiger partial charge on any atom is 0.236 e. The molecule has 1 heterocycles. The summed E-state index contributed by atoms with van der Waals surface area (Å²) in [7, 11) is 0. The van der Waals surface area contributed by atoms with Gasteiger partial charge in [-0.1, -0.05) is 23.7 Å². The zero-order valence-electron chi connectivity index (χ0n) is 10.9. The third-order valence-corrected chi connectivity index (χ3v) is 5.18. The van der Waals surface area contributed by atoms with Crippen molar-refractivity contribution in [2.75, 3.05) is 12.3 Å². The van der Waals surface area contributed by atoms with E-state index in [0.29, 0.717) is 5.02 Å². The molecule has 3 nitrogen and oxygen atoms in total. The van der Waals surface area contributed by atoms with Crippen molar-refractivity contribution in [2.45, 2.75) is 30.6 Å². The van der Waals surface area contributed by atoms with Gasteiger partial charge >= 0.3 is 0 Å². The van der Waals surface area contributed by atoms with Crippen molar-refractivity contribution >= 4 is 29.3 Å². The molecule has 2 N–H and O–H groups in total. The van der Waals surface area contributed by atoms with E-state index in [1.54, 1.807) is 36.0 Å². The van der Waals surface area contributed by atoms with Crippen molar-refractivity contribution in [3.8, 4) is 0 Å². The van der Waals surface area contributed by atoms with E-state index in [1.165, 1.54) is 0 Å². The zero-order chi connectivity index (χ0) is 13.9. The number of amides is 1. The number of carbonyl (C=O) groups excluding carboxylic acids is 1. The first-order valence-electron chi connectivity index (χ1n) is 6.37. The van der Waals surface area contributed by atoms with Crippen molar-refractivity contribution in [2.24, 2.45) is 0 Å². The summed E-state index contributed by atoms with van der Waals surface area (Å²) in [4.78, 5) is 12.1. The second-order valence-corrected chi connectivity index (χ2v) is 6.99. The summed E-state index contributed by atoms with van der Waals surface area (Å²) in [5.41, 5.74) is 0.758. The van der Waals surface area contributed by atoms with Crippen molar-refractivity contribution in [1.82, 2.24) is 5.32 Å². The number of nitrogens with one attached hydrogen (secondary N) is 1. The molecule has 1 aliphatic heterocycles. The monoisotopic (exact) mass is 299 g/mol. The molecule has 1 amide bonds. The number of hydrogen-bond acceptors (Lipinski definition) is 3. The molecular weight excluding hydrogens is 282 g/mol. The van der Waals surface area contributed by atoms with Gasteiger partial charge in [0, 0.05) is 11.6 Å². The molecule has 0 spiro atoms. The van der Waals surface area contributed by atoms with Gasteiger partial charge in [-0.05, 0) is 43.2 Å². The number of carbonyl (C=O) groups is 1. The molecule has 0 radical (unpaired) electrons. The fraction of sp³-hybridized carbons (Fsp3) is 0.500. The first-order valence-corrected chi connectivity index (χ1v) is 7.73. The SMILES string of the molecule is CC1(C(=O)NCC(O)c2ccc(Cl)cc2)CCCS1. The fourth-order valence-corrected chi connectivity index (χ4v) is 3.49. The molecule has 2 unspecified atom stereocenters. The Morgan fingerprint density at radius 2 is 2.21 bits per heavy atom. The summed E-state index contributed by atoms with van der Waals surface area (Å²) in [5.74, 6) is 1.05. The van der Waals surface area contributed by atoms with Gasteiger partial charge in [-0.3, -0.25) is 4.79 Å². The van der Waals surface area contributed by atoms with Crippen LogP contribution in [0.1, 0.15) is 31.4 Å². The molecule has 1 aromatic carbocycles. The van der Waals surface area contributed by atoms with E-state index in [4.69, 9.17) is 11.6 Å². The highest BCUT2D eigenvalue weighted by Crippen LogP contribution is 2.37. The van der Waals surface area contributed by atoms with Gasteiger partial charge in [0.2, 0.25) is 5.91 Å². The normalized spacial score (nSPS) is 24.2. The molecule has 19 heavy (non-hydrogen) atoms. The quantitative estimate of drug-likeness (QED) is 0.899. The van der Waals surface area contributed by atoms with E-state index in [2.05, 4.69) is 5.32 Å². The minimum Gasteiger partial charge on any atom is -0.387 e. The highest BCUT2D eigenvalue weighted by Gasteiger charge is 2.37. The molecule has 0 bridgehead atoms. The number of halogens is 1. The predicted octanol–water partition coefficient (Wildman–Crippen LogP) is 2.78. The van der Waals surface area contributed by atoms with Gasteiger partial charge in [0.1, 0.15) is 0 Å². The Bertz CT molecular complexity index is 443. The van der Waals surface area contributed by atoms with Crippen molar-refractivity contribution in [1.29, 1.82) is 0 Å². The van der Waals surface area contributed by atoms with Crippen molar-refractivity contribution in [3.63, 3.8) is 0 Å². The lowest BCUT2D eigenvalue weighted by atomic mass is 10.0. The molecule has 1 fully saturated rings. The molecule has 0 aliphatic carbocycles. The summed E-state index contributed by atoms with van der Waals surface area (Å²) >= 11 is 7.49. The number of rotatable bonds is 4. The van der Waals surface area contributed by atoms with Crippen LogP contribution in [-0.2, 0) is 4.79 Å². The van der Waals surface area contributed by atoms with E-state index >= 15 is 0 Å². The number of benzene rings is 1. The van der Waals surface area contributed by atoms with Gasteiger partial charge in [0.05, 0.1) is 10.9 Å². The third-order valence-electron chi connectivity index (χ3n) is 3.41. The van der Waals surface area contributed by atoms with Crippen LogP contribution in [0, 0.1) is 0 Å². The van der Waals surface area contributed by atoms with Crippen LogP contribution in [0.5, 0.6) is 0 Å². The van der Waals surface area contributed by atoms with Gasteiger partial charge in [0.25, 0.3) is 0 Å². The lowest BCUT2D eigenvalue weighted by Gasteiger charge is -2.22. The van der Waals surface area contributed by atoms with Crippen LogP contribution in [-0.4, -0.2) is 28.1 Å². The van der Waals surface area contributed by atoms with Crippen molar-refractivity contribution < 1.29 is 9.90 Å². The minimum absolute atomic E-state index is 0.0167. The Labute approximate surface area is 122 Å². The average molecular weight is 300 g/mol. The Hall–Kier alpha value is -0.710. The molecular formula is C14H18ClNO2S. The van der Waals surface area contributed by atoms with E-state index in [1.807, 2.05) is 6.92 Å². The fourth-order valence-electron chi connectivity index (χ4n) is 2.14. The van der Waals surface area contributed by atoms with Crippen LogP contribution >= 0.6 is 23.4 Å². The summed E-state index contributed by atoms with van der Waals surface area (Å²) < 4.78 is -0.334. The van der Waals surface area contributed by atoms with E-state index < -0.39 is 6.10 Å². The Kier molecular flexibility index (Phi) is 4.76. The smallest absolute Gasteiger partial charge is 0.236 e. The summed E-state index contributed by atoms with van der Waals surface area (Å²) in [5, 5.41) is 13.5. The van der Waals surface area contributed by atoms with Crippen LogP contribution in [0.2, 0.25) is 5.02 Å². The number of aliphatic hydroxyl groups excluding tert-OH is 1. The highest BCUT2D eigenvalue weighted by atomic mass is 35.5. The number of hydrogen-bond donors (Lipinski definition) is 2. The van der Waals surface area contributed by atoms with E-state index in [0.717, 1.165) is 24.2 Å². The van der Waals surface area contributed by atoms with Crippen LogP contribution in [0.15, 0.2) is 24.3 Å². The van der Waals surface area contributed by atoms with Gasteiger partial charge in [-0.25, -0.2) is 0 Å². The van der Waals surface area contributed by atoms with Gasteiger partial charge < -0.3 is 10.4 Å². The predicted molar refractivity (Wildman–Crippen MR) is 79.5 cm³/mol. The molecule has 1 aliphatic rings. The highest BCUT2D eigenvalue weighted by molar-refractivity contribution is 8.01. The van der Waals surface area contributed by atoms with Crippen LogP contribution < -0.4 is 5.32 Å². The topological polar surface area (TPSA) is 49.3 Å². The van der Waals surface area contributed by atoms with Gasteiger partial charge in [0.15, 0.2) is 0 Å². The minimum atomic E-state index is -0.698. The molecule has 1 aromatic rings. The molecule has 104 valence electrons. The number of thioether (sulfide) groups is 1.